The molecule has 4 rings (SSSR count). The number of piperazine rings is 1. The minimum Gasteiger partial charge on any atom is -0.369 e. The molecule has 6 heteroatoms. The monoisotopic (exact) mass is 367 g/mol. The number of rotatable bonds is 4. The van der Waals surface area contributed by atoms with Gasteiger partial charge < -0.3 is 10.2 Å². The zero-order chi connectivity index (χ0) is 18.0. The minimum atomic E-state index is -3.63. The molecule has 1 aliphatic rings. The van der Waals surface area contributed by atoms with E-state index < -0.39 is 10.0 Å². The fourth-order valence-electron chi connectivity index (χ4n) is 3.28. The third-order valence-corrected chi connectivity index (χ3v) is 6.04. The first-order valence-electron chi connectivity index (χ1n) is 8.70. The second-order valence-electron chi connectivity index (χ2n) is 6.36. The summed E-state index contributed by atoms with van der Waals surface area (Å²) in [6.45, 7) is 3.76. The maximum atomic E-state index is 12.8. The molecule has 0 atom stereocenters. The molecular formula is C20H21N3O2S. The summed E-state index contributed by atoms with van der Waals surface area (Å²) in [7, 11) is -3.63. The SMILES string of the molecule is O=S(=O)(Nc1cccc2ccccc12)c1ccc(N2CCNCC2)cc1. The average Bonchev–Trinajstić information content (AvgIpc) is 2.69. The van der Waals surface area contributed by atoms with Crippen molar-refractivity contribution in [3.8, 4) is 0 Å². The molecule has 0 unspecified atom stereocenters. The van der Waals surface area contributed by atoms with Gasteiger partial charge >= 0.3 is 0 Å². The molecule has 0 saturated carbocycles. The molecule has 26 heavy (non-hydrogen) atoms. The molecular weight excluding hydrogens is 346 g/mol. The van der Waals surface area contributed by atoms with Gasteiger partial charge in [0.25, 0.3) is 10.0 Å². The lowest BCUT2D eigenvalue weighted by atomic mass is 10.1. The Morgan fingerprint density at radius 2 is 1.54 bits per heavy atom. The van der Waals surface area contributed by atoms with Crippen molar-refractivity contribution in [2.24, 2.45) is 0 Å². The highest BCUT2D eigenvalue weighted by Crippen LogP contribution is 2.26. The van der Waals surface area contributed by atoms with Crippen LogP contribution in [0, 0.1) is 0 Å². The van der Waals surface area contributed by atoms with Crippen molar-refractivity contribution >= 4 is 32.2 Å². The quantitative estimate of drug-likeness (QED) is 0.744. The van der Waals surface area contributed by atoms with Crippen LogP contribution in [0.3, 0.4) is 0 Å². The van der Waals surface area contributed by atoms with Crippen molar-refractivity contribution < 1.29 is 8.42 Å². The maximum absolute atomic E-state index is 12.8. The topological polar surface area (TPSA) is 61.4 Å². The van der Waals surface area contributed by atoms with Crippen LogP contribution >= 0.6 is 0 Å². The molecule has 0 aromatic heterocycles. The Morgan fingerprint density at radius 1 is 0.846 bits per heavy atom. The van der Waals surface area contributed by atoms with E-state index in [-0.39, 0.29) is 4.90 Å². The first-order valence-corrected chi connectivity index (χ1v) is 10.2. The van der Waals surface area contributed by atoms with Crippen LogP contribution in [-0.4, -0.2) is 34.6 Å². The predicted molar refractivity (Wildman–Crippen MR) is 106 cm³/mol. The van der Waals surface area contributed by atoms with Gasteiger partial charge in [-0.25, -0.2) is 8.42 Å². The van der Waals surface area contributed by atoms with E-state index in [9.17, 15) is 8.42 Å². The summed E-state index contributed by atoms with van der Waals surface area (Å²) in [6.07, 6.45) is 0. The normalized spacial score (nSPS) is 15.2. The van der Waals surface area contributed by atoms with Crippen LogP contribution in [-0.2, 0) is 10.0 Å². The summed E-state index contributed by atoms with van der Waals surface area (Å²) in [6, 6.07) is 20.4. The van der Waals surface area contributed by atoms with Crippen molar-refractivity contribution in [2.45, 2.75) is 4.90 Å². The molecule has 3 aromatic carbocycles. The van der Waals surface area contributed by atoms with Gasteiger partial charge in [0, 0.05) is 37.3 Å². The summed E-state index contributed by atoms with van der Waals surface area (Å²) in [5, 5.41) is 5.20. The molecule has 1 heterocycles. The molecule has 1 saturated heterocycles. The summed E-state index contributed by atoms with van der Waals surface area (Å²) in [4.78, 5) is 2.52. The van der Waals surface area contributed by atoms with Gasteiger partial charge in [0.2, 0.25) is 0 Å². The van der Waals surface area contributed by atoms with Crippen molar-refractivity contribution in [2.75, 3.05) is 35.8 Å². The average molecular weight is 367 g/mol. The Morgan fingerprint density at radius 3 is 2.31 bits per heavy atom. The fourth-order valence-corrected chi connectivity index (χ4v) is 4.36. The maximum Gasteiger partial charge on any atom is 0.261 e. The highest BCUT2D eigenvalue weighted by Gasteiger charge is 2.17. The number of fused-ring (bicyclic) bond motifs is 1. The number of benzene rings is 3. The van der Waals surface area contributed by atoms with Gasteiger partial charge in [0.15, 0.2) is 0 Å². The van der Waals surface area contributed by atoms with Crippen LogP contribution in [0.15, 0.2) is 71.6 Å². The molecule has 0 amide bonds. The number of nitrogens with zero attached hydrogens (tertiary/aromatic N) is 1. The van der Waals surface area contributed by atoms with Crippen LogP contribution in [0.1, 0.15) is 0 Å². The molecule has 0 radical (unpaired) electrons. The summed E-state index contributed by atoms with van der Waals surface area (Å²) < 4.78 is 28.3. The molecule has 0 bridgehead atoms. The second kappa shape index (κ2) is 6.97. The Labute approximate surface area is 153 Å². The molecule has 0 aliphatic carbocycles. The Balaban J connectivity index is 1.60. The van der Waals surface area contributed by atoms with E-state index in [4.69, 9.17) is 0 Å². The zero-order valence-corrected chi connectivity index (χ0v) is 15.2. The van der Waals surface area contributed by atoms with Gasteiger partial charge in [0.05, 0.1) is 10.6 Å². The molecule has 1 aliphatic heterocycles. The second-order valence-corrected chi connectivity index (χ2v) is 8.05. The van der Waals surface area contributed by atoms with Gasteiger partial charge in [-0.3, -0.25) is 4.72 Å². The van der Waals surface area contributed by atoms with Gasteiger partial charge in [-0.05, 0) is 35.7 Å². The predicted octanol–water partition coefficient (Wildman–Crippen LogP) is 3.05. The van der Waals surface area contributed by atoms with E-state index in [1.165, 1.54) is 0 Å². The van der Waals surface area contributed by atoms with Crippen molar-refractivity contribution in [3.05, 3.63) is 66.7 Å². The number of nitrogens with one attached hydrogen (secondary N) is 2. The van der Waals surface area contributed by atoms with Gasteiger partial charge in [-0.15, -0.1) is 0 Å². The Kier molecular flexibility index (Phi) is 4.53. The smallest absolute Gasteiger partial charge is 0.261 e. The first kappa shape index (κ1) is 16.9. The van der Waals surface area contributed by atoms with Crippen LogP contribution in [0.4, 0.5) is 11.4 Å². The summed E-state index contributed by atoms with van der Waals surface area (Å²) in [5.41, 5.74) is 1.64. The van der Waals surface area contributed by atoms with Crippen LogP contribution in [0.25, 0.3) is 10.8 Å². The first-order chi connectivity index (χ1) is 12.6. The lowest BCUT2D eigenvalue weighted by Gasteiger charge is -2.29. The molecule has 2 N–H and O–H groups in total. The van der Waals surface area contributed by atoms with Crippen molar-refractivity contribution in [1.82, 2.24) is 5.32 Å². The highest BCUT2D eigenvalue weighted by atomic mass is 32.2. The minimum absolute atomic E-state index is 0.268. The number of hydrogen-bond acceptors (Lipinski definition) is 4. The lowest BCUT2D eigenvalue weighted by molar-refractivity contribution is 0.589. The third-order valence-electron chi connectivity index (χ3n) is 4.66. The van der Waals surface area contributed by atoms with Crippen molar-refractivity contribution in [1.29, 1.82) is 0 Å². The molecule has 134 valence electrons. The number of sulfonamides is 1. The third kappa shape index (κ3) is 3.38. The number of hydrogen-bond donors (Lipinski definition) is 2. The van der Waals surface area contributed by atoms with E-state index in [0.29, 0.717) is 5.69 Å². The van der Waals surface area contributed by atoms with Gasteiger partial charge in [-0.2, -0.15) is 0 Å². The van der Waals surface area contributed by atoms with Crippen LogP contribution in [0.2, 0.25) is 0 Å². The van der Waals surface area contributed by atoms with Gasteiger partial charge in [-0.1, -0.05) is 36.4 Å². The van der Waals surface area contributed by atoms with E-state index in [1.54, 1.807) is 18.2 Å². The molecule has 1 fully saturated rings. The van der Waals surface area contributed by atoms with E-state index in [0.717, 1.165) is 42.6 Å². The summed E-state index contributed by atoms with van der Waals surface area (Å²) >= 11 is 0. The largest absolute Gasteiger partial charge is 0.369 e. The summed E-state index contributed by atoms with van der Waals surface area (Å²) in [5.74, 6) is 0. The lowest BCUT2D eigenvalue weighted by Crippen LogP contribution is -2.43. The van der Waals surface area contributed by atoms with Crippen LogP contribution in [0.5, 0.6) is 0 Å². The fraction of sp³-hybridized carbons (Fsp3) is 0.200. The Hall–Kier alpha value is -2.57. The molecule has 3 aromatic rings. The van der Waals surface area contributed by atoms with Crippen molar-refractivity contribution in [3.63, 3.8) is 0 Å². The standard InChI is InChI=1S/C20H21N3O2S/c24-26(25,22-20-7-3-5-16-4-1-2-6-19(16)20)18-10-8-17(9-11-18)23-14-12-21-13-15-23/h1-11,21-22H,12-15H2. The molecule has 5 nitrogen and oxygen atoms in total. The zero-order valence-electron chi connectivity index (χ0n) is 14.4. The van der Waals surface area contributed by atoms with Gasteiger partial charge in [0.1, 0.15) is 0 Å². The van der Waals surface area contributed by atoms with E-state index >= 15 is 0 Å². The van der Waals surface area contributed by atoms with Crippen LogP contribution < -0.4 is 14.9 Å². The van der Waals surface area contributed by atoms with E-state index in [1.807, 2.05) is 48.5 Å². The van der Waals surface area contributed by atoms with E-state index in [2.05, 4.69) is 14.9 Å². The molecule has 0 spiro atoms. The Bertz CT molecular complexity index is 1010. The number of anilines is 2. The highest BCUT2D eigenvalue weighted by molar-refractivity contribution is 7.92.